The highest BCUT2D eigenvalue weighted by Crippen LogP contribution is 2.30. The predicted molar refractivity (Wildman–Crippen MR) is 74.8 cm³/mol. The van der Waals surface area contributed by atoms with Crippen molar-refractivity contribution in [3.05, 3.63) is 24.3 Å². The molecule has 2 unspecified atom stereocenters. The summed E-state index contributed by atoms with van der Waals surface area (Å²) in [6.45, 7) is -2.89. The zero-order valence-electron chi connectivity index (χ0n) is 11.8. The molecule has 0 spiro atoms. The number of nitrogens with one attached hydrogen (secondary N) is 1. The van der Waals surface area contributed by atoms with E-state index in [9.17, 15) is 18.4 Å². The first-order valence-electron chi connectivity index (χ1n) is 7.04. The number of hydrogen-bond acceptors (Lipinski definition) is 3. The summed E-state index contributed by atoms with van der Waals surface area (Å²) in [7, 11) is 0. The fraction of sp³-hybridized carbons (Fsp3) is 0.467. The standard InChI is InChI=1S/C15H17F2NO4/c16-15(17)22-12-6-4-11(5-7-12)18-13(19)9-2-1-3-10(8-9)14(20)21/h4-7,9-10,15H,1-3,8H2,(H,18,19)(H,20,21). The highest BCUT2D eigenvalue weighted by molar-refractivity contribution is 5.93. The second-order valence-electron chi connectivity index (χ2n) is 5.29. The van der Waals surface area contributed by atoms with Crippen molar-refractivity contribution in [2.24, 2.45) is 11.8 Å². The van der Waals surface area contributed by atoms with E-state index in [1.165, 1.54) is 24.3 Å². The van der Waals surface area contributed by atoms with E-state index in [4.69, 9.17) is 5.11 Å². The molecule has 22 heavy (non-hydrogen) atoms. The Morgan fingerprint density at radius 2 is 1.82 bits per heavy atom. The zero-order chi connectivity index (χ0) is 16.1. The second-order valence-corrected chi connectivity index (χ2v) is 5.29. The highest BCUT2D eigenvalue weighted by Gasteiger charge is 2.30. The predicted octanol–water partition coefficient (Wildman–Crippen LogP) is 3.12. The molecule has 1 aliphatic rings. The summed E-state index contributed by atoms with van der Waals surface area (Å²) in [6.07, 6.45) is 2.28. The van der Waals surface area contributed by atoms with Crippen LogP contribution in [-0.2, 0) is 9.59 Å². The summed E-state index contributed by atoms with van der Waals surface area (Å²) < 4.78 is 28.3. The van der Waals surface area contributed by atoms with Gasteiger partial charge in [0.15, 0.2) is 0 Å². The number of carboxylic acid groups (broad SMARTS) is 1. The minimum absolute atomic E-state index is 0.0107. The van der Waals surface area contributed by atoms with Gasteiger partial charge in [-0.25, -0.2) is 0 Å². The van der Waals surface area contributed by atoms with Crippen molar-refractivity contribution in [2.75, 3.05) is 5.32 Å². The maximum absolute atomic E-state index is 12.1. The lowest BCUT2D eigenvalue weighted by atomic mass is 9.81. The van der Waals surface area contributed by atoms with Gasteiger partial charge < -0.3 is 15.2 Å². The fourth-order valence-electron chi connectivity index (χ4n) is 2.62. The lowest BCUT2D eigenvalue weighted by Gasteiger charge is -2.25. The number of aliphatic carboxylic acids is 1. The smallest absolute Gasteiger partial charge is 0.387 e. The van der Waals surface area contributed by atoms with Crippen molar-refractivity contribution in [3.8, 4) is 5.75 Å². The molecule has 1 aromatic rings. The summed E-state index contributed by atoms with van der Waals surface area (Å²) in [4.78, 5) is 23.1. The largest absolute Gasteiger partial charge is 0.481 e. The molecule has 0 radical (unpaired) electrons. The highest BCUT2D eigenvalue weighted by atomic mass is 19.3. The average Bonchev–Trinajstić information content (AvgIpc) is 2.49. The number of carbonyl (C=O) groups is 2. The number of amides is 1. The number of halogens is 2. The number of anilines is 1. The van der Waals surface area contributed by atoms with Gasteiger partial charge in [-0.15, -0.1) is 0 Å². The monoisotopic (exact) mass is 313 g/mol. The van der Waals surface area contributed by atoms with Crippen molar-refractivity contribution in [3.63, 3.8) is 0 Å². The molecular weight excluding hydrogens is 296 g/mol. The third-order valence-corrected chi connectivity index (χ3v) is 3.74. The Morgan fingerprint density at radius 1 is 1.18 bits per heavy atom. The molecule has 0 aliphatic heterocycles. The topological polar surface area (TPSA) is 75.6 Å². The number of ether oxygens (including phenoxy) is 1. The van der Waals surface area contributed by atoms with Gasteiger partial charge in [0.2, 0.25) is 5.91 Å². The van der Waals surface area contributed by atoms with E-state index in [1.54, 1.807) is 0 Å². The molecule has 1 amide bonds. The number of benzene rings is 1. The van der Waals surface area contributed by atoms with Crippen LogP contribution in [0.15, 0.2) is 24.3 Å². The molecule has 7 heteroatoms. The van der Waals surface area contributed by atoms with Crippen LogP contribution >= 0.6 is 0 Å². The molecule has 2 atom stereocenters. The molecule has 5 nitrogen and oxygen atoms in total. The first-order valence-corrected chi connectivity index (χ1v) is 7.04. The van der Waals surface area contributed by atoms with Crippen LogP contribution in [0.4, 0.5) is 14.5 Å². The number of carbonyl (C=O) groups excluding carboxylic acids is 1. The van der Waals surface area contributed by atoms with Gasteiger partial charge in [-0.1, -0.05) is 6.42 Å². The Balaban J connectivity index is 1.92. The van der Waals surface area contributed by atoms with E-state index in [0.717, 1.165) is 0 Å². The van der Waals surface area contributed by atoms with Gasteiger partial charge in [0, 0.05) is 11.6 Å². The van der Waals surface area contributed by atoms with Gasteiger partial charge in [0.25, 0.3) is 0 Å². The minimum atomic E-state index is -2.89. The van der Waals surface area contributed by atoms with Gasteiger partial charge >= 0.3 is 12.6 Å². The minimum Gasteiger partial charge on any atom is -0.481 e. The molecule has 2 N–H and O–H groups in total. The zero-order valence-corrected chi connectivity index (χ0v) is 11.8. The maximum atomic E-state index is 12.1. The lowest BCUT2D eigenvalue weighted by Crippen LogP contribution is -2.30. The molecular formula is C15H17F2NO4. The first kappa shape index (κ1) is 16.2. The van der Waals surface area contributed by atoms with E-state index in [-0.39, 0.29) is 17.6 Å². The summed E-state index contributed by atoms with van der Waals surface area (Å²) in [6, 6.07) is 5.60. The molecule has 0 bridgehead atoms. The van der Waals surface area contributed by atoms with Crippen molar-refractivity contribution in [1.82, 2.24) is 0 Å². The lowest BCUT2D eigenvalue weighted by molar-refractivity contribution is -0.143. The average molecular weight is 313 g/mol. The van der Waals surface area contributed by atoms with Crippen LogP contribution in [0.3, 0.4) is 0 Å². The van der Waals surface area contributed by atoms with Crippen LogP contribution in [0.1, 0.15) is 25.7 Å². The van der Waals surface area contributed by atoms with E-state index in [2.05, 4.69) is 10.1 Å². The molecule has 2 rings (SSSR count). The third-order valence-electron chi connectivity index (χ3n) is 3.74. The third kappa shape index (κ3) is 4.41. The summed E-state index contributed by atoms with van der Waals surface area (Å²) in [5.41, 5.74) is 0.462. The van der Waals surface area contributed by atoms with Gasteiger partial charge in [0.05, 0.1) is 5.92 Å². The summed E-state index contributed by atoms with van der Waals surface area (Å²) in [5, 5.41) is 11.7. The molecule has 0 saturated heterocycles. The van der Waals surface area contributed by atoms with Crippen molar-refractivity contribution in [2.45, 2.75) is 32.3 Å². The van der Waals surface area contributed by atoms with Crippen molar-refractivity contribution >= 4 is 17.6 Å². The normalized spacial score (nSPS) is 21.4. The number of alkyl halides is 2. The van der Waals surface area contributed by atoms with Crippen LogP contribution < -0.4 is 10.1 Å². The van der Waals surface area contributed by atoms with E-state index >= 15 is 0 Å². The maximum Gasteiger partial charge on any atom is 0.387 e. The van der Waals surface area contributed by atoms with E-state index in [1.807, 2.05) is 0 Å². The van der Waals surface area contributed by atoms with Gasteiger partial charge in [-0.3, -0.25) is 9.59 Å². The second kappa shape index (κ2) is 7.20. The number of rotatable bonds is 5. The van der Waals surface area contributed by atoms with Crippen LogP contribution in [0.2, 0.25) is 0 Å². The van der Waals surface area contributed by atoms with Crippen molar-refractivity contribution < 1.29 is 28.2 Å². The van der Waals surface area contributed by atoms with E-state index < -0.39 is 18.5 Å². The fourth-order valence-corrected chi connectivity index (χ4v) is 2.62. The van der Waals surface area contributed by atoms with Crippen LogP contribution in [0.25, 0.3) is 0 Å². The van der Waals surface area contributed by atoms with Crippen LogP contribution in [-0.4, -0.2) is 23.6 Å². The Hall–Kier alpha value is -2.18. The molecule has 120 valence electrons. The number of hydrogen-bond donors (Lipinski definition) is 2. The van der Waals surface area contributed by atoms with E-state index in [0.29, 0.717) is 31.4 Å². The van der Waals surface area contributed by atoms with Gasteiger partial charge in [-0.2, -0.15) is 8.78 Å². The number of carboxylic acids is 1. The first-order chi connectivity index (χ1) is 10.5. The van der Waals surface area contributed by atoms with Crippen LogP contribution in [0.5, 0.6) is 5.75 Å². The Kier molecular flexibility index (Phi) is 5.30. The quantitative estimate of drug-likeness (QED) is 0.876. The molecule has 0 aromatic heterocycles. The molecule has 0 heterocycles. The molecule has 1 aromatic carbocycles. The summed E-state index contributed by atoms with van der Waals surface area (Å²) in [5.74, 6) is -1.92. The molecule has 1 aliphatic carbocycles. The Bertz CT molecular complexity index is 533. The Labute approximate surface area is 126 Å². The van der Waals surface area contributed by atoms with Crippen LogP contribution in [0, 0.1) is 11.8 Å². The van der Waals surface area contributed by atoms with Crippen molar-refractivity contribution in [1.29, 1.82) is 0 Å². The summed E-state index contributed by atoms with van der Waals surface area (Å²) >= 11 is 0. The SMILES string of the molecule is O=C(O)C1CCCC(C(=O)Nc2ccc(OC(F)F)cc2)C1. The van der Waals surface area contributed by atoms with Gasteiger partial charge in [-0.05, 0) is 43.5 Å². The molecule has 1 saturated carbocycles. The van der Waals surface area contributed by atoms with Gasteiger partial charge in [0.1, 0.15) is 5.75 Å². The molecule has 1 fully saturated rings. The Morgan fingerprint density at radius 3 is 2.41 bits per heavy atom.